The summed E-state index contributed by atoms with van der Waals surface area (Å²) in [5.74, 6) is 1.08. The van der Waals surface area contributed by atoms with Gasteiger partial charge in [0.15, 0.2) is 18.1 Å². The molecule has 0 saturated heterocycles. The Hall–Kier alpha value is -2.47. The molecular formula is C16H19NO5. The largest absolute Gasteiger partial charge is 0.493 e. The number of amides is 1. The molecule has 2 N–H and O–H groups in total. The first-order valence-electron chi connectivity index (χ1n) is 6.82. The first-order chi connectivity index (χ1) is 10.5. The van der Waals surface area contributed by atoms with Crippen LogP contribution in [0.1, 0.15) is 12.7 Å². The van der Waals surface area contributed by atoms with Crippen LogP contribution in [0.2, 0.25) is 0 Å². The Balaban J connectivity index is 1.83. The van der Waals surface area contributed by atoms with E-state index in [4.69, 9.17) is 13.9 Å². The predicted octanol–water partition coefficient (Wildman–Crippen LogP) is 1.69. The van der Waals surface area contributed by atoms with E-state index in [0.717, 1.165) is 0 Å². The highest BCUT2D eigenvalue weighted by molar-refractivity contribution is 5.77. The van der Waals surface area contributed by atoms with Gasteiger partial charge in [-0.1, -0.05) is 12.1 Å². The number of hydrogen-bond acceptors (Lipinski definition) is 5. The fourth-order valence-electron chi connectivity index (χ4n) is 1.88. The molecule has 0 fully saturated rings. The molecule has 1 unspecified atom stereocenters. The summed E-state index contributed by atoms with van der Waals surface area (Å²) in [6.07, 6.45) is 1.47. The van der Waals surface area contributed by atoms with E-state index in [1.165, 1.54) is 13.4 Å². The molecule has 0 aliphatic heterocycles. The third-order valence-corrected chi connectivity index (χ3v) is 3.11. The number of carbonyl (C=O) groups excluding carboxylic acids is 1. The number of para-hydroxylation sites is 2. The first kappa shape index (κ1) is 15.9. The van der Waals surface area contributed by atoms with Gasteiger partial charge in [-0.25, -0.2) is 0 Å². The molecule has 0 radical (unpaired) electrons. The molecule has 0 saturated carbocycles. The minimum atomic E-state index is -1.27. The second kappa shape index (κ2) is 7.00. The van der Waals surface area contributed by atoms with Crippen LogP contribution < -0.4 is 14.8 Å². The van der Waals surface area contributed by atoms with Crippen molar-refractivity contribution >= 4 is 5.91 Å². The third-order valence-electron chi connectivity index (χ3n) is 3.11. The molecule has 2 aromatic rings. The number of rotatable bonds is 7. The summed E-state index contributed by atoms with van der Waals surface area (Å²) in [6, 6.07) is 10.4. The molecule has 118 valence electrons. The molecule has 22 heavy (non-hydrogen) atoms. The van der Waals surface area contributed by atoms with Gasteiger partial charge in [-0.2, -0.15) is 0 Å². The van der Waals surface area contributed by atoms with Crippen molar-refractivity contribution in [3.63, 3.8) is 0 Å². The Bertz CT molecular complexity index is 607. The van der Waals surface area contributed by atoms with Crippen LogP contribution in [-0.4, -0.2) is 31.3 Å². The minimum absolute atomic E-state index is 0.0225. The number of hydrogen-bond donors (Lipinski definition) is 2. The van der Waals surface area contributed by atoms with Gasteiger partial charge < -0.3 is 24.3 Å². The van der Waals surface area contributed by atoms with Crippen molar-refractivity contribution < 1.29 is 23.8 Å². The third kappa shape index (κ3) is 4.02. The number of furan rings is 1. The number of benzene rings is 1. The lowest BCUT2D eigenvalue weighted by Crippen LogP contribution is -2.40. The Kier molecular flexibility index (Phi) is 5.06. The monoisotopic (exact) mass is 305 g/mol. The average molecular weight is 305 g/mol. The number of aliphatic hydroxyl groups is 1. The number of ether oxygens (including phenoxy) is 2. The Morgan fingerprint density at radius 3 is 2.64 bits per heavy atom. The fraction of sp³-hybridized carbons (Fsp3) is 0.312. The van der Waals surface area contributed by atoms with Crippen LogP contribution in [0.5, 0.6) is 11.5 Å². The van der Waals surface area contributed by atoms with Crippen molar-refractivity contribution in [2.75, 3.05) is 20.3 Å². The van der Waals surface area contributed by atoms with Gasteiger partial charge in [-0.15, -0.1) is 0 Å². The summed E-state index contributed by atoms with van der Waals surface area (Å²) < 4.78 is 15.7. The number of carbonyl (C=O) groups is 1. The maximum absolute atomic E-state index is 11.8. The molecule has 6 heteroatoms. The highest BCUT2D eigenvalue weighted by atomic mass is 16.5. The zero-order chi connectivity index (χ0) is 16.0. The quantitative estimate of drug-likeness (QED) is 0.813. The maximum atomic E-state index is 11.8. The molecule has 0 bridgehead atoms. The molecule has 0 spiro atoms. The summed E-state index contributed by atoms with van der Waals surface area (Å²) in [5, 5.41) is 12.8. The van der Waals surface area contributed by atoms with Crippen LogP contribution in [0.4, 0.5) is 0 Å². The van der Waals surface area contributed by atoms with Crippen LogP contribution in [0, 0.1) is 0 Å². The SMILES string of the molecule is COc1ccccc1OCC(=O)NCC(C)(O)c1ccco1. The molecule has 0 aliphatic carbocycles. The standard InChI is InChI=1S/C16H19NO5/c1-16(19,14-8-5-9-21-14)11-17-15(18)10-22-13-7-4-3-6-12(13)20-2/h3-9,19H,10-11H2,1-2H3,(H,17,18). The van der Waals surface area contributed by atoms with Gasteiger partial charge in [0.25, 0.3) is 5.91 Å². The summed E-state index contributed by atoms with van der Waals surface area (Å²) in [7, 11) is 1.53. The van der Waals surface area contributed by atoms with E-state index in [0.29, 0.717) is 17.3 Å². The smallest absolute Gasteiger partial charge is 0.258 e. The number of nitrogens with one attached hydrogen (secondary N) is 1. The highest BCUT2D eigenvalue weighted by Gasteiger charge is 2.26. The molecule has 1 heterocycles. The van der Waals surface area contributed by atoms with Crippen molar-refractivity contribution in [3.8, 4) is 11.5 Å². The molecule has 1 amide bonds. The van der Waals surface area contributed by atoms with Gasteiger partial charge in [0.2, 0.25) is 0 Å². The van der Waals surface area contributed by atoms with Crippen molar-refractivity contribution in [1.82, 2.24) is 5.32 Å². The first-order valence-corrected chi connectivity index (χ1v) is 6.82. The van der Waals surface area contributed by atoms with Gasteiger partial charge in [-0.05, 0) is 31.2 Å². The summed E-state index contributed by atoms with van der Waals surface area (Å²) >= 11 is 0. The van der Waals surface area contributed by atoms with Crippen molar-refractivity contribution in [3.05, 3.63) is 48.4 Å². The van der Waals surface area contributed by atoms with Crippen LogP contribution in [0.15, 0.2) is 47.1 Å². The predicted molar refractivity (Wildman–Crippen MR) is 79.8 cm³/mol. The molecule has 2 rings (SSSR count). The minimum Gasteiger partial charge on any atom is -0.493 e. The van der Waals surface area contributed by atoms with Gasteiger partial charge >= 0.3 is 0 Å². The Morgan fingerprint density at radius 1 is 1.27 bits per heavy atom. The van der Waals surface area contributed by atoms with Gasteiger partial charge in [0.1, 0.15) is 11.4 Å². The van der Waals surface area contributed by atoms with E-state index in [2.05, 4.69) is 5.32 Å². The van der Waals surface area contributed by atoms with Crippen LogP contribution in [0.25, 0.3) is 0 Å². The Morgan fingerprint density at radius 2 is 2.00 bits per heavy atom. The molecule has 1 aromatic heterocycles. The van der Waals surface area contributed by atoms with Crippen LogP contribution in [0.3, 0.4) is 0 Å². The lowest BCUT2D eigenvalue weighted by atomic mass is 10.0. The van der Waals surface area contributed by atoms with Crippen molar-refractivity contribution in [1.29, 1.82) is 0 Å². The normalized spacial score (nSPS) is 13.2. The summed E-state index contributed by atoms with van der Waals surface area (Å²) in [5.41, 5.74) is -1.27. The topological polar surface area (TPSA) is 80.9 Å². The second-order valence-corrected chi connectivity index (χ2v) is 4.97. The van der Waals surface area contributed by atoms with E-state index < -0.39 is 5.60 Å². The molecular weight excluding hydrogens is 286 g/mol. The molecule has 1 atom stereocenters. The second-order valence-electron chi connectivity index (χ2n) is 4.97. The maximum Gasteiger partial charge on any atom is 0.258 e. The van der Waals surface area contributed by atoms with E-state index in [1.54, 1.807) is 37.3 Å². The zero-order valence-electron chi connectivity index (χ0n) is 12.5. The highest BCUT2D eigenvalue weighted by Crippen LogP contribution is 2.25. The van der Waals surface area contributed by atoms with E-state index >= 15 is 0 Å². The molecule has 6 nitrogen and oxygen atoms in total. The average Bonchev–Trinajstić information content (AvgIpc) is 3.06. The van der Waals surface area contributed by atoms with E-state index in [1.807, 2.05) is 6.07 Å². The summed E-state index contributed by atoms with van der Waals surface area (Å²) in [6.45, 7) is 1.41. The molecule has 0 aliphatic rings. The van der Waals surface area contributed by atoms with Gasteiger partial charge in [-0.3, -0.25) is 4.79 Å². The lowest BCUT2D eigenvalue weighted by molar-refractivity contribution is -0.124. The molecule has 1 aromatic carbocycles. The Labute approximate surface area is 128 Å². The zero-order valence-corrected chi connectivity index (χ0v) is 12.5. The van der Waals surface area contributed by atoms with Gasteiger partial charge in [0.05, 0.1) is 19.9 Å². The van der Waals surface area contributed by atoms with E-state index in [9.17, 15) is 9.90 Å². The number of methoxy groups -OCH3 is 1. The van der Waals surface area contributed by atoms with E-state index in [-0.39, 0.29) is 19.1 Å². The fourth-order valence-corrected chi connectivity index (χ4v) is 1.88. The van der Waals surface area contributed by atoms with Crippen molar-refractivity contribution in [2.24, 2.45) is 0 Å². The summed E-state index contributed by atoms with van der Waals surface area (Å²) in [4.78, 5) is 11.8. The van der Waals surface area contributed by atoms with Crippen LogP contribution >= 0.6 is 0 Å². The van der Waals surface area contributed by atoms with Crippen LogP contribution in [-0.2, 0) is 10.4 Å². The lowest BCUT2D eigenvalue weighted by Gasteiger charge is -2.21. The van der Waals surface area contributed by atoms with Gasteiger partial charge in [0, 0.05) is 0 Å². The van der Waals surface area contributed by atoms with Crippen molar-refractivity contribution in [2.45, 2.75) is 12.5 Å².